The molecule has 1 fully saturated rings. The number of hydrogen-bond donors (Lipinski definition) is 2. The lowest BCUT2D eigenvalue weighted by Crippen LogP contribution is -2.56. The van der Waals surface area contributed by atoms with Crippen molar-refractivity contribution in [2.75, 3.05) is 0 Å². The second kappa shape index (κ2) is 8.88. The van der Waals surface area contributed by atoms with E-state index in [0.29, 0.717) is 0 Å². The first-order valence-electron chi connectivity index (χ1n) is 11.1. The molecule has 220 valence electrons. The molecule has 1 aliphatic rings. The first-order chi connectivity index (χ1) is 16.4. The summed E-state index contributed by atoms with van der Waals surface area (Å²) < 4.78 is 163. The molecule has 0 amide bonds. The van der Waals surface area contributed by atoms with Crippen LogP contribution in [0.15, 0.2) is 18.2 Å². The molecular formula is C23H27F12NO2. The molecule has 1 saturated heterocycles. The third kappa shape index (κ3) is 5.47. The van der Waals surface area contributed by atoms with Crippen LogP contribution < -0.4 is 0 Å². The van der Waals surface area contributed by atoms with Gasteiger partial charge in [0.1, 0.15) is 0 Å². The fraction of sp³-hybridized carbons (Fsp3) is 0.739. The van der Waals surface area contributed by atoms with Crippen LogP contribution in [0.4, 0.5) is 52.7 Å². The smallest absolute Gasteiger partial charge is 0.369 e. The van der Waals surface area contributed by atoms with Gasteiger partial charge in [0.05, 0.1) is 6.04 Å². The maximum Gasteiger partial charge on any atom is 0.430 e. The van der Waals surface area contributed by atoms with Crippen molar-refractivity contribution in [1.82, 2.24) is 4.90 Å². The minimum absolute atomic E-state index is 0.0870. The quantitative estimate of drug-likeness (QED) is 0.292. The Labute approximate surface area is 210 Å². The Morgan fingerprint density at radius 3 is 1.16 bits per heavy atom. The van der Waals surface area contributed by atoms with Gasteiger partial charge < -0.3 is 10.2 Å². The van der Waals surface area contributed by atoms with Crippen LogP contribution in [-0.4, -0.2) is 51.4 Å². The molecule has 2 rings (SSSR count). The van der Waals surface area contributed by atoms with Crippen molar-refractivity contribution >= 4 is 0 Å². The van der Waals surface area contributed by atoms with Gasteiger partial charge in [-0.3, -0.25) is 4.90 Å². The number of rotatable bonds is 4. The van der Waals surface area contributed by atoms with E-state index in [4.69, 9.17) is 0 Å². The Morgan fingerprint density at radius 2 is 0.921 bits per heavy atom. The lowest BCUT2D eigenvalue weighted by Gasteiger charge is -2.36. The molecule has 1 aromatic carbocycles. The van der Waals surface area contributed by atoms with Crippen LogP contribution in [0.2, 0.25) is 0 Å². The van der Waals surface area contributed by atoms with Crippen molar-refractivity contribution in [2.24, 2.45) is 5.41 Å². The van der Waals surface area contributed by atoms with Crippen molar-refractivity contribution < 1.29 is 62.9 Å². The SMILES string of the molecule is CC(C)(C)CC1C(c2cc(C(O)(C(F)(F)F)C(F)(F)F)cc(C(O)(C(F)(F)F)C(F)(F)F)c2)N1C(C)(C)C. The molecule has 0 spiro atoms. The molecule has 0 radical (unpaired) electrons. The Bertz CT molecular complexity index is 942. The number of alkyl halides is 12. The summed E-state index contributed by atoms with van der Waals surface area (Å²) in [6.45, 7) is 9.92. The summed E-state index contributed by atoms with van der Waals surface area (Å²) in [5.41, 5.74) is -18.5. The van der Waals surface area contributed by atoms with E-state index in [9.17, 15) is 62.9 Å². The fourth-order valence-corrected chi connectivity index (χ4v) is 4.63. The molecule has 0 saturated carbocycles. The van der Waals surface area contributed by atoms with E-state index < -0.39 is 81.7 Å². The predicted octanol–water partition coefficient (Wildman–Crippen LogP) is 7.27. The summed E-state index contributed by atoms with van der Waals surface area (Å²) in [7, 11) is 0. The maximum absolute atomic E-state index is 13.6. The van der Waals surface area contributed by atoms with Crippen molar-refractivity contribution in [3.63, 3.8) is 0 Å². The zero-order valence-electron chi connectivity index (χ0n) is 21.0. The predicted molar refractivity (Wildman–Crippen MR) is 111 cm³/mol. The molecule has 3 unspecified atom stereocenters. The van der Waals surface area contributed by atoms with Gasteiger partial charge in [-0.25, -0.2) is 0 Å². The molecular weight excluding hydrogens is 550 g/mol. The Hall–Kier alpha value is -1.74. The van der Waals surface area contributed by atoms with Crippen LogP contribution in [0.25, 0.3) is 0 Å². The summed E-state index contributed by atoms with van der Waals surface area (Å²) in [4.78, 5) is 1.50. The van der Waals surface area contributed by atoms with E-state index in [-0.39, 0.29) is 18.6 Å². The number of aliphatic hydroxyl groups is 2. The van der Waals surface area contributed by atoms with Crippen LogP contribution in [0, 0.1) is 5.41 Å². The average Bonchev–Trinajstić information content (AvgIpc) is 3.34. The second-order valence-corrected chi connectivity index (χ2v) is 11.6. The molecule has 0 bridgehead atoms. The van der Waals surface area contributed by atoms with Gasteiger partial charge in [-0.05, 0) is 44.2 Å². The minimum Gasteiger partial charge on any atom is -0.369 e. The summed E-state index contributed by atoms with van der Waals surface area (Å²) in [5, 5.41) is 19.7. The molecule has 0 aliphatic carbocycles. The van der Waals surface area contributed by atoms with Gasteiger partial charge in [0, 0.05) is 22.7 Å². The number of hydrogen-bond acceptors (Lipinski definition) is 3. The molecule has 2 N–H and O–H groups in total. The third-order valence-electron chi connectivity index (χ3n) is 6.30. The highest BCUT2D eigenvalue weighted by molar-refractivity contribution is 5.43. The van der Waals surface area contributed by atoms with Crippen LogP contribution >= 0.6 is 0 Å². The molecule has 1 aliphatic heterocycles. The third-order valence-corrected chi connectivity index (χ3v) is 6.30. The largest absolute Gasteiger partial charge is 0.430 e. The van der Waals surface area contributed by atoms with E-state index >= 15 is 0 Å². The summed E-state index contributed by atoms with van der Waals surface area (Å²) in [5.74, 6) is 0. The van der Waals surface area contributed by atoms with Crippen LogP contribution in [0.1, 0.15) is 70.7 Å². The second-order valence-electron chi connectivity index (χ2n) is 11.6. The minimum atomic E-state index is -6.60. The van der Waals surface area contributed by atoms with Gasteiger partial charge in [0.25, 0.3) is 11.2 Å². The van der Waals surface area contributed by atoms with Crippen molar-refractivity contribution in [2.45, 2.75) is 101 Å². The number of benzene rings is 1. The Morgan fingerprint density at radius 1 is 0.605 bits per heavy atom. The zero-order valence-corrected chi connectivity index (χ0v) is 21.0. The molecule has 3 atom stereocenters. The lowest BCUT2D eigenvalue weighted by atomic mass is 9.82. The number of halogens is 12. The van der Waals surface area contributed by atoms with Crippen molar-refractivity contribution in [3.8, 4) is 0 Å². The van der Waals surface area contributed by atoms with Crippen LogP contribution in [0.3, 0.4) is 0 Å². The van der Waals surface area contributed by atoms with Gasteiger partial charge in [0.15, 0.2) is 0 Å². The molecule has 1 aromatic rings. The fourth-order valence-electron chi connectivity index (χ4n) is 4.63. The van der Waals surface area contributed by atoms with Gasteiger partial charge in [-0.2, -0.15) is 52.7 Å². The topological polar surface area (TPSA) is 43.5 Å². The van der Waals surface area contributed by atoms with E-state index in [1.165, 1.54) is 4.90 Å². The Balaban J connectivity index is 3.01. The van der Waals surface area contributed by atoms with E-state index in [1.54, 1.807) is 41.5 Å². The normalized spacial score (nSPS) is 22.6. The first kappa shape index (κ1) is 32.5. The highest BCUT2D eigenvalue weighted by Crippen LogP contribution is 2.57. The molecule has 1 heterocycles. The standard InChI is InChI=1S/C23H27F12NO2/c1-16(2,3)10-14-15(36(14)17(4,5)6)11-7-12(18(37,20(24,25)26)21(27,28)29)9-13(8-11)19(38,22(30,31)32)23(33,34)35/h7-9,14-15,37-38H,10H2,1-6H3. The van der Waals surface area contributed by atoms with E-state index in [0.717, 1.165) is 0 Å². The van der Waals surface area contributed by atoms with Gasteiger partial charge >= 0.3 is 24.7 Å². The summed E-state index contributed by atoms with van der Waals surface area (Å²) in [6, 6.07) is -2.50. The molecule has 3 nitrogen and oxygen atoms in total. The van der Waals surface area contributed by atoms with Gasteiger partial charge in [-0.15, -0.1) is 0 Å². The molecule has 15 heteroatoms. The van der Waals surface area contributed by atoms with Crippen molar-refractivity contribution in [1.29, 1.82) is 0 Å². The first-order valence-corrected chi connectivity index (χ1v) is 11.1. The average molecular weight is 577 g/mol. The summed E-state index contributed by atoms with van der Waals surface area (Å²) in [6.07, 6.45) is -26.2. The van der Waals surface area contributed by atoms with Crippen molar-refractivity contribution in [3.05, 3.63) is 34.9 Å². The van der Waals surface area contributed by atoms with Gasteiger partial charge in [-0.1, -0.05) is 32.9 Å². The Kier molecular flexibility index (Phi) is 7.59. The highest BCUT2D eigenvalue weighted by atomic mass is 19.4. The molecule has 0 aromatic heterocycles. The van der Waals surface area contributed by atoms with Gasteiger partial charge in [0.2, 0.25) is 0 Å². The zero-order chi connectivity index (χ0) is 30.3. The van der Waals surface area contributed by atoms with E-state index in [1.807, 2.05) is 0 Å². The number of nitrogens with zero attached hydrogens (tertiary/aromatic N) is 1. The maximum atomic E-state index is 13.6. The lowest BCUT2D eigenvalue weighted by molar-refractivity contribution is -0.378. The van der Waals surface area contributed by atoms with Crippen LogP contribution in [-0.2, 0) is 11.2 Å². The van der Waals surface area contributed by atoms with Crippen LogP contribution in [0.5, 0.6) is 0 Å². The highest BCUT2D eigenvalue weighted by Gasteiger charge is 2.74. The summed E-state index contributed by atoms with van der Waals surface area (Å²) >= 11 is 0. The van der Waals surface area contributed by atoms with E-state index in [2.05, 4.69) is 0 Å². The monoisotopic (exact) mass is 577 g/mol. The molecule has 38 heavy (non-hydrogen) atoms.